The zero-order valence-corrected chi connectivity index (χ0v) is 12.8. The summed E-state index contributed by atoms with van der Waals surface area (Å²) >= 11 is 0. The van der Waals surface area contributed by atoms with E-state index in [4.69, 9.17) is 28.4 Å². The molecule has 0 aliphatic carbocycles. The smallest absolute Gasteiger partial charge is 0.190 e. The molecule has 0 saturated carbocycles. The first-order chi connectivity index (χ1) is 9.31. The summed E-state index contributed by atoms with van der Waals surface area (Å²) in [6, 6.07) is 0. The van der Waals surface area contributed by atoms with Crippen LogP contribution in [0.3, 0.4) is 0 Å². The maximum Gasteiger partial charge on any atom is 0.190 e. The van der Waals surface area contributed by atoms with E-state index in [1.165, 1.54) is 0 Å². The number of rotatable bonds is 3. The molecular weight excluding hydrogens is 264 g/mol. The highest BCUT2D eigenvalue weighted by atomic mass is 16.9. The lowest BCUT2D eigenvalue weighted by molar-refractivity contribution is -0.242. The Labute approximate surface area is 119 Å². The third-order valence-electron chi connectivity index (χ3n) is 3.74. The molecule has 0 unspecified atom stereocenters. The van der Waals surface area contributed by atoms with Gasteiger partial charge in [-0.25, -0.2) is 0 Å². The van der Waals surface area contributed by atoms with Gasteiger partial charge >= 0.3 is 0 Å². The second-order valence-corrected chi connectivity index (χ2v) is 6.37. The van der Waals surface area contributed by atoms with Crippen LogP contribution in [0, 0.1) is 0 Å². The Morgan fingerprint density at radius 2 is 1.45 bits per heavy atom. The Hall–Kier alpha value is -0.240. The fraction of sp³-hybridized carbons (Fsp3) is 1.00. The molecule has 3 rings (SSSR count). The molecular formula is C14H24O6. The van der Waals surface area contributed by atoms with Gasteiger partial charge in [-0.2, -0.15) is 0 Å². The van der Waals surface area contributed by atoms with Crippen molar-refractivity contribution in [2.24, 2.45) is 0 Å². The first-order valence-electron chi connectivity index (χ1n) is 7.26. The van der Waals surface area contributed by atoms with E-state index in [-0.39, 0.29) is 24.4 Å². The minimum absolute atomic E-state index is 0.198. The lowest BCUT2D eigenvalue weighted by atomic mass is 9.99. The highest BCUT2D eigenvalue weighted by Gasteiger charge is 2.60. The zero-order chi connectivity index (χ0) is 14.5. The standard InChI is InChI=1S/C14H24O6/c1-6-15-7-8-9-10(18-13(2,3)17-9)11-12(16-8)20-14(4,5)19-11/h8-12H,6-7H2,1-5H3/t8-,9+,10+,11-,12-/m0/s1. The van der Waals surface area contributed by atoms with Crippen LogP contribution in [-0.4, -0.2) is 55.5 Å². The SMILES string of the molecule is CCOC[C@@H]1O[C@H]2OC(C)(C)O[C@H]2[C@@H]2OC(C)(C)O[C@@H]21. The van der Waals surface area contributed by atoms with Crippen molar-refractivity contribution in [3.05, 3.63) is 0 Å². The first-order valence-corrected chi connectivity index (χ1v) is 7.26. The van der Waals surface area contributed by atoms with Crippen LogP contribution < -0.4 is 0 Å². The van der Waals surface area contributed by atoms with Crippen molar-refractivity contribution in [2.45, 2.75) is 76.9 Å². The third kappa shape index (κ3) is 2.61. The van der Waals surface area contributed by atoms with Gasteiger partial charge in [-0.15, -0.1) is 0 Å². The van der Waals surface area contributed by atoms with Crippen LogP contribution in [0.25, 0.3) is 0 Å². The topological polar surface area (TPSA) is 55.4 Å². The molecule has 3 aliphatic heterocycles. The van der Waals surface area contributed by atoms with Crippen LogP contribution in [-0.2, 0) is 28.4 Å². The van der Waals surface area contributed by atoms with Gasteiger partial charge in [0.1, 0.15) is 24.4 Å². The molecule has 0 aromatic carbocycles. The molecule has 0 aromatic rings. The molecule has 3 aliphatic rings. The Balaban J connectivity index is 1.80. The Bertz CT molecular complexity index is 369. The second-order valence-electron chi connectivity index (χ2n) is 6.37. The molecule has 0 radical (unpaired) electrons. The van der Waals surface area contributed by atoms with E-state index < -0.39 is 17.9 Å². The molecule has 116 valence electrons. The van der Waals surface area contributed by atoms with E-state index in [9.17, 15) is 0 Å². The van der Waals surface area contributed by atoms with Crippen molar-refractivity contribution in [2.75, 3.05) is 13.2 Å². The minimum Gasteiger partial charge on any atom is -0.379 e. The van der Waals surface area contributed by atoms with Crippen LogP contribution >= 0.6 is 0 Å². The van der Waals surface area contributed by atoms with Crippen molar-refractivity contribution in [3.63, 3.8) is 0 Å². The molecule has 20 heavy (non-hydrogen) atoms. The summed E-state index contributed by atoms with van der Waals surface area (Å²) in [5, 5.41) is 0. The van der Waals surface area contributed by atoms with Crippen LogP contribution in [0.2, 0.25) is 0 Å². The maximum atomic E-state index is 6.01. The van der Waals surface area contributed by atoms with Crippen molar-refractivity contribution in [1.29, 1.82) is 0 Å². The zero-order valence-electron chi connectivity index (χ0n) is 12.8. The van der Waals surface area contributed by atoms with E-state index >= 15 is 0 Å². The van der Waals surface area contributed by atoms with Gasteiger partial charge in [0, 0.05) is 6.61 Å². The molecule has 0 spiro atoms. The molecule has 6 heteroatoms. The summed E-state index contributed by atoms with van der Waals surface area (Å²) in [6.45, 7) is 10.6. The van der Waals surface area contributed by atoms with Crippen molar-refractivity contribution < 1.29 is 28.4 Å². The fourth-order valence-electron chi connectivity index (χ4n) is 3.06. The minimum atomic E-state index is -0.670. The van der Waals surface area contributed by atoms with Crippen molar-refractivity contribution >= 4 is 0 Å². The van der Waals surface area contributed by atoms with Gasteiger partial charge < -0.3 is 28.4 Å². The van der Waals surface area contributed by atoms with Gasteiger partial charge in [0.15, 0.2) is 17.9 Å². The second kappa shape index (κ2) is 4.90. The molecule has 0 N–H and O–H groups in total. The summed E-state index contributed by atoms with van der Waals surface area (Å²) in [6.07, 6.45) is -1.31. The van der Waals surface area contributed by atoms with E-state index in [0.29, 0.717) is 13.2 Å². The number of fused-ring (bicyclic) bond motifs is 3. The van der Waals surface area contributed by atoms with E-state index in [2.05, 4.69) is 0 Å². The largest absolute Gasteiger partial charge is 0.379 e. The van der Waals surface area contributed by atoms with Gasteiger partial charge in [0.2, 0.25) is 0 Å². The highest BCUT2D eigenvalue weighted by molar-refractivity contribution is 4.99. The van der Waals surface area contributed by atoms with Gasteiger partial charge in [0.05, 0.1) is 6.61 Å². The van der Waals surface area contributed by atoms with Crippen LogP contribution in [0.15, 0.2) is 0 Å². The predicted molar refractivity (Wildman–Crippen MR) is 69.0 cm³/mol. The molecule has 6 nitrogen and oxygen atoms in total. The van der Waals surface area contributed by atoms with Gasteiger partial charge in [-0.05, 0) is 34.6 Å². The Kier molecular flexibility index (Phi) is 3.60. The highest BCUT2D eigenvalue weighted by Crippen LogP contribution is 2.44. The summed E-state index contributed by atoms with van der Waals surface area (Å²) in [5.74, 6) is -1.31. The van der Waals surface area contributed by atoms with Crippen molar-refractivity contribution in [1.82, 2.24) is 0 Å². The number of hydrogen-bond acceptors (Lipinski definition) is 6. The summed E-state index contributed by atoms with van der Waals surface area (Å²) in [4.78, 5) is 0. The van der Waals surface area contributed by atoms with Gasteiger partial charge in [0.25, 0.3) is 0 Å². The van der Waals surface area contributed by atoms with E-state index in [1.807, 2.05) is 34.6 Å². The molecule has 0 bridgehead atoms. The summed E-state index contributed by atoms with van der Waals surface area (Å²) in [7, 11) is 0. The lowest BCUT2D eigenvalue weighted by Crippen LogP contribution is -2.56. The van der Waals surface area contributed by atoms with Crippen LogP contribution in [0.1, 0.15) is 34.6 Å². The normalized spacial score (nSPS) is 45.1. The summed E-state index contributed by atoms with van der Waals surface area (Å²) in [5.41, 5.74) is 0. The number of ether oxygens (including phenoxy) is 6. The van der Waals surface area contributed by atoms with Gasteiger partial charge in [-0.1, -0.05) is 0 Å². The number of hydrogen-bond donors (Lipinski definition) is 0. The van der Waals surface area contributed by atoms with Crippen LogP contribution in [0.5, 0.6) is 0 Å². The third-order valence-corrected chi connectivity index (χ3v) is 3.74. The average Bonchev–Trinajstić information content (AvgIpc) is 2.80. The molecule has 0 aromatic heterocycles. The maximum absolute atomic E-state index is 6.01. The monoisotopic (exact) mass is 288 g/mol. The quantitative estimate of drug-likeness (QED) is 0.783. The Morgan fingerprint density at radius 3 is 2.15 bits per heavy atom. The average molecular weight is 288 g/mol. The molecule has 3 heterocycles. The van der Waals surface area contributed by atoms with E-state index in [1.54, 1.807) is 0 Å². The van der Waals surface area contributed by atoms with Gasteiger partial charge in [-0.3, -0.25) is 0 Å². The predicted octanol–water partition coefficient (Wildman–Crippen LogP) is 1.42. The first kappa shape index (κ1) is 14.7. The van der Waals surface area contributed by atoms with Crippen molar-refractivity contribution in [3.8, 4) is 0 Å². The molecule has 3 fully saturated rings. The Morgan fingerprint density at radius 1 is 0.850 bits per heavy atom. The molecule has 0 amide bonds. The molecule has 5 atom stereocenters. The van der Waals surface area contributed by atoms with E-state index in [0.717, 1.165) is 0 Å². The molecule has 3 saturated heterocycles. The fourth-order valence-corrected chi connectivity index (χ4v) is 3.06. The lowest BCUT2D eigenvalue weighted by Gasteiger charge is -2.37. The summed E-state index contributed by atoms with van der Waals surface area (Å²) < 4.78 is 35.2. The van der Waals surface area contributed by atoms with Crippen LogP contribution in [0.4, 0.5) is 0 Å².